The van der Waals surface area contributed by atoms with Crippen molar-refractivity contribution in [1.82, 2.24) is 0 Å². The van der Waals surface area contributed by atoms with E-state index in [1.807, 2.05) is 11.8 Å². The van der Waals surface area contributed by atoms with E-state index in [0.717, 1.165) is 24.3 Å². The number of carbonyl (C=O) groups is 1. The second kappa shape index (κ2) is 4.81. The molecule has 17 heavy (non-hydrogen) atoms. The van der Waals surface area contributed by atoms with Gasteiger partial charge in [0.1, 0.15) is 0 Å². The van der Waals surface area contributed by atoms with Crippen molar-refractivity contribution < 1.29 is 15.0 Å². The number of aliphatic hydroxyl groups is 1. The van der Waals surface area contributed by atoms with Crippen molar-refractivity contribution in [3.8, 4) is 0 Å². The molecule has 0 aromatic carbocycles. The Bertz CT molecular complexity index is 299. The van der Waals surface area contributed by atoms with Gasteiger partial charge in [-0.15, -0.1) is 0 Å². The summed E-state index contributed by atoms with van der Waals surface area (Å²) in [6.45, 7) is 2.11. The Hall–Kier alpha value is -0.220. The third-order valence-corrected chi connectivity index (χ3v) is 5.60. The topological polar surface area (TPSA) is 57.5 Å². The van der Waals surface area contributed by atoms with Gasteiger partial charge in [0.15, 0.2) is 0 Å². The SMILES string of the molecule is CC1CCCC(C(=O)O)(C2(O)CCSCC2)C1. The zero-order valence-electron chi connectivity index (χ0n) is 10.4. The van der Waals surface area contributed by atoms with Crippen LogP contribution in [0.15, 0.2) is 0 Å². The lowest BCUT2D eigenvalue weighted by Gasteiger charge is -2.49. The lowest BCUT2D eigenvalue weighted by atomic mass is 9.59. The van der Waals surface area contributed by atoms with Crippen molar-refractivity contribution in [3.05, 3.63) is 0 Å². The molecular formula is C13H22O3S. The molecular weight excluding hydrogens is 236 g/mol. The lowest BCUT2D eigenvalue weighted by molar-refractivity contribution is -0.179. The van der Waals surface area contributed by atoms with E-state index in [1.54, 1.807) is 0 Å². The van der Waals surface area contributed by atoms with Crippen LogP contribution in [0.3, 0.4) is 0 Å². The highest BCUT2D eigenvalue weighted by atomic mass is 32.2. The van der Waals surface area contributed by atoms with Crippen molar-refractivity contribution in [2.24, 2.45) is 11.3 Å². The summed E-state index contributed by atoms with van der Waals surface area (Å²) in [5.74, 6) is 1.41. The molecule has 1 saturated carbocycles. The van der Waals surface area contributed by atoms with Gasteiger partial charge in [-0.05, 0) is 43.1 Å². The van der Waals surface area contributed by atoms with Gasteiger partial charge in [0.25, 0.3) is 0 Å². The van der Waals surface area contributed by atoms with E-state index >= 15 is 0 Å². The minimum atomic E-state index is -0.973. The summed E-state index contributed by atoms with van der Waals surface area (Å²) in [6.07, 6.45) is 4.59. The van der Waals surface area contributed by atoms with Gasteiger partial charge in [0, 0.05) is 0 Å². The third kappa shape index (κ3) is 2.22. The van der Waals surface area contributed by atoms with Gasteiger partial charge in [-0.2, -0.15) is 11.8 Å². The quantitative estimate of drug-likeness (QED) is 0.799. The molecule has 1 heterocycles. The first-order chi connectivity index (χ1) is 8.00. The number of hydrogen-bond acceptors (Lipinski definition) is 3. The summed E-state index contributed by atoms with van der Waals surface area (Å²) < 4.78 is 0. The van der Waals surface area contributed by atoms with E-state index in [9.17, 15) is 15.0 Å². The minimum absolute atomic E-state index is 0.415. The van der Waals surface area contributed by atoms with Gasteiger partial charge in [-0.3, -0.25) is 4.79 Å². The van der Waals surface area contributed by atoms with Gasteiger partial charge in [-0.1, -0.05) is 19.8 Å². The first-order valence-corrected chi connectivity index (χ1v) is 7.69. The molecule has 2 aliphatic rings. The Morgan fingerprint density at radius 3 is 2.47 bits per heavy atom. The van der Waals surface area contributed by atoms with Crippen LogP contribution in [-0.4, -0.2) is 33.3 Å². The molecule has 2 atom stereocenters. The van der Waals surface area contributed by atoms with E-state index < -0.39 is 17.0 Å². The molecule has 0 radical (unpaired) electrons. The monoisotopic (exact) mass is 258 g/mol. The third-order valence-electron chi connectivity index (χ3n) is 4.62. The summed E-state index contributed by atoms with van der Waals surface area (Å²) in [6, 6.07) is 0. The highest BCUT2D eigenvalue weighted by Gasteiger charge is 2.57. The van der Waals surface area contributed by atoms with Gasteiger partial charge in [-0.25, -0.2) is 0 Å². The largest absolute Gasteiger partial charge is 0.481 e. The van der Waals surface area contributed by atoms with Crippen LogP contribution < -0.4 is 0 Å². The molecule has 98 valence electrons. The van der Waals surface area contributed by atoms with Gasteiger partial charge in [0.05, 0.1) is 11.0 Å². The Morgan fingerprint density at radius 1 is 1.29 bits per heavy atom. The maximum atomic E-state index is 11.8. The van der Waals surface area contributed by atoms with Crippen molar-refractivity contribution in [1.29, 1.82) is 0 Å². The molecule has 2 rings (SSSR count). The van der Waals surface area contributed by atoms with Crippen LogP contribution in [0.25, 0.3) is 0 Å². The molecule has 2 unspecified atom stereocenters. The smallest absolute Gasteiger partial charge is 0.312 e. The molecule has 2 fully saturated rings. The van der Waals surface area contributed by atoms with Crippen LogP contribution in [0, 0.1) is 11.3 Å². The van der Waals surface area contributed by atoms with E-state index in [1.165, 1.54) is 0 Å². The zero-order chi connectivity index (χ0) is 12.5. The molecule has 2 N–H and O–H groups in total. The van der Waals surface area contributed by atoms with Gasteiger partial charge >= 0.3 is 5.97 Å². The fourth-order valence-electron chi connectivity index (χ4n) is 3.55. The molecule has 0 spiro atoms. The number of carboxylic acids is 1. The maximum Gasteiger partial charge on any atom is 0.312 e. The molecule has 4 heteroatoms. The standard InChI is InChI=1S/C13H22O3S/c1-10-3-2-4-12(9-10,11(14)15)13(16)5-7-17-8-6-13/h10,16H,2-9H2,1H3,(H,14,15). The predicted molar refractivity (Wildman–Crippen MR) is 69.2 cm³/mol. The molecule has 1 aliphatic heterocycles. The number of rotatable bonds is 2. The first kappa shape index (κ1) is 13.2. The fourth-order valence-corrected chi connectivity index (χ4v) is 4.72. The Balaban J connectivity index is 2.29. The average Bonchev–Trinajstić information content (AvgIpc) is 2.29. The maximum absolute atomic E-state index is 11.8. The molecule has 0 aromatic rings. The molecule has 0 amide bonds. The number of carboxylic acid groups (broad SMARTS) is 1. The number of thioether (sulfide) groups is 1. The van der Waals surface area contributed by atoms with Crippen molar-refractivity contribution in [2.75, 3.05) is 11.5 Å². The highest BCUT2D eigenvalue weighted by molar-refractivity contribution is 7.99. The first-order valence-electron chi connectivity index (χ1n) is 6.54. The van der Waals surface area contributed by atoms with Crippen molar-refractivity contribution in [2.45, 2.75) is 51.0 Å². The number of hydrogen-bond donors (Lipinski definition) is 2. The van der Waals surface area contributed by atoms with E-state index in [4.69, 9.17) is 0 Å². The molecule has 3 nitrogen and oxygen atoms in total. The van der Waals surface area contributed by atoms with E-state index in [0.29, 0.717) is 31.6 Å². The molecule has 1 saturated heterocycles. The predicted octanol–water partition coefficient (Wildman–Crippen LogP) is 2.53. The van der Waals surface area contributed by atoms with E-state index in [-0.39, 0.29) is 0 Å². The van der Waals surface area contributed by atoms with Crippen LogP contribution in [-0.2, 0) is 4.79 Å². The Kier molecular flexibility index (Phi) is 3.74. The van der Waals surface area contributed by atoms with Crippen molar-refractivity contribution >= 4 is 17.7 Å². The van der Waals surface area contributed by atoms with Gasteiger partial charge in [0.2, 0.25) is 0 Å². The summed E-state index contributed by atoms with van der Waals surface area (Å²) in [5.41, 5.74) is -1.86. The zero-order valence-corrected chi connectivity index (χ0v) is 11.3. The van der Waals surface area contributed by atoms with Crippen LogP contribution in [0.2, 0.25) is 0 Å². The van der Waals surface area contributed by atoms with Crippen LogP contribution in [0.1, 0.15) is 45.4 Å². The van der Waals surface area contributed by atoms with E-state index in [2.05, 4.69) is 6.92 Å². The minimum Gasteiger partial charge on any atom is -0.481 e. The second-order valence-corrected chi connectivity index (χ2v) is 6.96. The summed E-state index contributed by atoms with van der Waals surface area (Å²) in [4.78, 5) is 11.8. The Labute approximate surface area is 107 Å². The Morgan fingerprint density at radius 2 is 1.94 bits per heavy atom. The number of aliphatic carboxylic acids is 1. The average molecular weight is 258 g/mol. The fraction of sp³-hybridized carbons (Fsp3) is 0.923. The molecule has 0 aromatic heterocycles. The van der Waals surface area contributed by atoms with Crippen LogP contribution >= 0.6 is 11.8 Å². The summed E-state index contributed by atoms with van der Waals surface area (Å²) in [5, 5.41) is 20.5. The van der Waals surface area contributed by atoms with Crippen LogP contribution in [0.4, 0.5) is 0 Å². The summed E-state index contributed by atoms with van der Waals surface area (Å²) in [7, 11) is 0. The molecule has 1 aliphatic carbocycles. The lowest BCUT2D eigenvalue weighted by Crippen LogP contribution is -2.57. The van der Waals surface area contributed by atoms with Gasteiger partial charge < -0.3 is 10.2 Å². The van der Waals surface area contributed by atoms with Crippen molar-refractivity contribution in [3.63, 3.8) is 0 Å². The summed E-state index contributed by atoms with van der Waals surface area (Å²) >= 11 is 1.82. The molecule has 0 bridgehead atoms. The highest BCUT2D eigenvalue weighted by Crippen LogP contribution is 2.51. The second-order valence-electron chi connectivity index (χ2n) is 5.73. The van der Waals surface area contributed by atoms with Crippen LogP contribution in [0.5, 0.6) is 0 Å². The normalized spacial score (nSPS) is 37.6.